The van der Waals surface area contributed by atoms with Crippen molar-refractivity contribution in [1.29, 1.82) is 0 Å². The number of fused-ring (bicyclic) bond motifs is 2. The Morgan fingerprint density at radius 2 is 1.88 bits per heavy atom. The van der Waals surface area contributed by atoms with Crippen LogP contribution >= 0.6 is 0 Å². The number of rotatable bonds is 4. The van der Waals surface area contributed by atoms with Gasteiger partial charge in [-0.05, 0) is 49.9 Å². The van der Waals surface area contributed by atoms with Gasteiger partial charge in [0.25, 0.3) is 0 Å². The summed E-state index contributed by atoms with van der Waals surface area (Å²) < 4.78 is 13.7. The third-order valence-corrected chi connectivity index (χ3v) is 5.53. The Morgan fingerprint density at radius 3 is 2.54 bits per heavy atom. The molecule has 1 amide bonds. The second-order valence-electron chi connectivity index (χ2n) is 7.24. The number of hydrogen-bond donors (Lipinski definition) is 2. The van der Waals surface area contributed by atoms with Crippen LogP contribution in [0, 0.1) is 5.82 Å². The molecule has 0 radical (unpaired) electrons. The normalized spacial score (nSPS) is 28.1. The maximum Gasteiger partial charge on any atom is 0.238 e. The Balaban J connectivity index is 1.44. The van der Waals surface area contributed by atoms with Gasteiger partial charge in [0.1, 0.15) is 11.4 Å². The van der Waals surface area contributed by atoms with Crippen LogP contribution in [-0.2, 0) is 10.4 Å². The molecule has 0 aliphatic carbocycles. The first-order chi connectivity index (χ1) is 12.5. The predicted octanol–water partition coefficient (Wildman–Crippen LogP) is 2.67. The lowest BCUT2D eigenvalue weighted by Gasteiger charge is -2.43. The fraction of sp³-hybridized carbons (Fsp3) is 0.400. The molecule has 2 N–H and O–H groups in total. The molecule has 6 heteroatoms. The zero-order chi connectivity index (χ0) is 18.1. The fourth-order valence-electron chi connectivity index (χ4n) is 4.34. The average molecular weight is 355 g/mol. The first-order valence-corrected chi connectivity index (χ1v) is 8.99. The smallest absolute Gasteiger partial charge is 0.238 e. The molecule has 0 saturated carbocycles. The molecule has 3 atom stereocenters. The summed E-state index contributed by atoms with van der Waals surface area (Å²) >= 11 is 0. The van der Waals surface area contributed by atoms with Gasteiger partial charge < -0.3 is 10.4 Å². The Morgan fingerprint density at radius 1 is 1.19 bits per heavy atom. The summed E-state index contributed by atoms with van der Waals surface area (Å²) in [5.41, 5.74) is -0.0368. The summed E-state index contributed by atoms with van der Waals surface area (Å²) in [7, 11) is 0. The van der Waals surface area contributed by atoms with E-state index in [2.05, 4.69) is 15.2 Å². The molecule has 5 nitrogen and oxygen atoms in total. The van der Waals surface area contributed by atoms with Gasteiger partial charge in [-0.1, -0.05) is 18.2 Å². The predicted molar refractivity (Wildman–Crippen MR) is 95.9 cm³/mol. The third-order valence-electron chi connectivity index (χ3n) is 5.53. The number of carbonyl (C=O) groups is 1. The number of para-hydroxylation sites is 1. The number of pyridine rings is 1. The maximum absolute atomic E-state index is 13.7. The number of aromatic nitrogens is 1. The van der Waals surface area contributed by atoms with Crippen LogP contribution in [0.1, 0.15) is 31.4 Å². The number of piperidine rings is 1. The summed E-state index contributed by atoms with van der Waals surface area (Å²) in [4.78, 5) is 18.9. The largest absolute Gasteiger partial charge is 0.383 e. The van der Waals surface area contributed by atoms with Crippen LogP contribution in [0.4, 0.5) is 10.1 Å². The molecule has 1 aromatic heterocycles. The second-order valence-corrected chi connectivity index (χ2v) is 7.24. The SMILES string of the molecule is O=C(CN1[C@@H]2CC[C@H]1CC(O)(c1ccccn1)C2)Nc1ccccc1F. The van der Waals surface area contributed by atoms with E-state index in [4.69, 9.17) is 0 Å². The number of halogens is 1. The zero-order valence-electron chi connectivity index (χ0n) is 14.4. The van der Waals surface area contributed by atoms with E-state index in [9.17, 15) is 14.3 Å². The van der Waals surface area contributed by atoms with Gasteiger partial charge in [0.15, 0.2) is 0 Å². The summed E-state index contributed by atoms with van der Waals surface area (Å²) in [6.45, 7) is 0.210. The van der Waals surface area contributed by atoms with Crippen LogP contribution in [-0.4, -0.2) is 39.5 Å². The van der Waals surface area contributed by atoms with E-state index in [0.29, 0.717) is 18.5 Å². The minimum absolute atomic E-state index is 0.132. The highest BCUT2D eigenvalue weighted by molar-refractivity contribution is 5.92. The van der Waals surface area contributed by atoms with Crippen molar-refractivity contribution in [3.8, 4) is 0 Å². The highest BCUT2D eigenvalue weighted by atomic mass is 19.1. The number of amides is 1. The summed E-state index contributed by atoms with van der Waals surface area (Å²) in [5.74, 6) is -0.665. The van der Waals surface area contributed by atoms with Crippen LogP contribution in [0.15, 0.2) is 48.7 Å². The second kappa shape index (κ2) is 6.78. The Kier molecular flexibility index (Phi) is 4.46. The molecule has 4 rings (SSSR count). The molecular weight excluding hydrogens is 333 g/mol. The van der Waals surface area contributed by atoms with Gasteiger partial charge >= 0.3 is 0 Å². The first-order valence-electron chi connectivity index (χ1n) is 8.99. The molecule has 2 aromatic rings. The molecule has 2 bridgehead atoms. The fourth-order valence-corrected chi connectivity index (χ4v) is 4.34. The van der Waals surface area contributed by atoms with E-state index in [1.165, 1.54) is 6.07 Å². The molecule has 136 valence electrons. The van der Waals surface area contributed by atoms with Crippen molar-refractivity contribution in [1.82, 2.24) is 9.88 Å². The van der Waals surface area contributed by atoms with Gasteiger partial charge in [-0.15, -0.1) is 0 Å². The molecule has 2 aliphatic rings. The van der Waals surface area contributed by atoms with Crippen molar-refractivity contribution >= 4 is 11.6 Å². The van der Waals surface area contributed by atoms with Crippen LogP contribution < -0.4 is 5.32 Å². The van der Waals surface area contributed by atoms with E-state index < -0.39 is 11.4 Å². The van der Waals surface area contributed by atoms with Crippen molar-refractivity contribution in [2.75, 3.05) is 11.9 Å². The molecule has 26 heavy (non-hydrogen) atoms. The molecule has 0 spiro atoms. The van der Waals surface area contributed by atoms with Crippen LogP contribution in [0.25, 0.3) is 0 Å². The van der Waals surface area contributed by atoms with E-state index in [1.54, 1.807) is 24.4 Å². The van der Waals surface area contributed by atoms with Crippen molar-refractivity contribution in [2.24, 2.45) is 0 Å². The van der Waals surface area contributed by atoms with Crippen molar-refractivity contribution in [3.05, 3.63) is 60.2 Å². The molecule has 1 unspecified atom stereocenters. The van der Waals surface area contributed by atoms with Gasteiger partial charge in [-0.3, -0.25) is 14.7 Å². The molecule has 3 heterocycles. The van der Waals surface area contributed by atoms with Gasteiger partial charge in [0, 0.05) is 18.3 Å². The quantitative estimate of drug-likeness (QED) is 0.885. The summed E-state index contributed by atoms with van der Waals surface area (Å²) in [6, 6.07) is 12.0. The number of nitrogens with one attached hydrogen (secondary N) is 1. The highest BCUT2D eigenvalue weighted by Gasteiger charge is 2.49. The third kappa shape index (κ3) is 3.22. The maximum atomic E-state index is 13.7. The molecular formula is C20H22FN3O2. The van der Waals surface area contributed by atoms with E-state index in [-0.39, 0.29) is 30.2 Å². The van der Waals surface area contributed by atoms with Gasteiger partial charge in [0.05, 0.1) is 17.9 Å². The highest BCUT2D eigenvalue weighted by Crippen LogP contribution is 2.44. The Hall–Kier alpha value is -2.31. The number of benzene rings is 1. The van der Waals surface area contributed by atoms with E-state index >= 15 is 0 Å². The number of hydrogen-bond acceptors (Lipinski definition) is 4. The zero-order valence-corrected chi connectivity index (χ0v) is 14.4. The lowest BCUT2D eigenvalue weighted by Crippen LogP contribution is -2.52. The van der Waals surface area contributed by atoms with Crippen LogP contribution in [0.2, 0.25) is 0 Å². The molecule has 2 saturated heterocycles. The lowest BCUT2D eigenvalue weighted by atomic mass is 9.83. The van der Waals surface area contributed by atoms with E-state index in [1.807, 2.05) is 18.2 Å². The minimum Gasteiger partial charge on any atom is -0.383 e. The van der Waals surface area contributed by atoms with Crippen molar-refractivity contribution in [2.45, 2.75) is 43.4 Å². The first kappa shape index (κ1) is 17.1. The van der Waals surface area contributed by atoms with Gasteiger partial charge in [0.2, 0.25) is 5.91 Å². The molecule has 2 fully saturated rings. The Bertz CT molecular complexity index is 785. The topological polar surface area (TPSA) is 65.5 Å². The lowest BCUT2D eigenvalue weighted by molar-refractivity contribution is -0.121. The number of aliphatic hydroxyl groups is 1. The average Bonchev–Trinajstić information content (AvgIpc) is 2.88. The number of nitrogens with zero attached hydrogens (tertiary/aromatic N) is 2. The standard InChI is InChI=1S/C20H22FN3O2/c21-16-5-1-2-6-17(16)23-19(25)13-24-14-8-9-15(24)12-20(26,11-14)18-7-3-4-10-22-18/h1-7,10,14-15,26H,8-9,11-13H2,(H,23,25)/t14-,15+,20?. The summed E-state index contributed by atoms with van der Waals surface area (Å²) in [5, 5.41) is 13.8. The van der Waals surface area contributed by atoms with Crippen LogP contribution in [0.3, 0.4) is 0 Å². The number of anilines is 1. The van der Waals surface area contributed by atoms with Crippen molar-refractivity contribution in [3.63, 3.8) is 0 Å². The Labute approximate surface area is 151 Å². The van der Waals surface area contributed by atoms with Crippen molar-refractivity contribution < 1.29 is 14.3 Å². The van der Waals surface area contributed by atoms with Gasteiger partial charge in [-0.25, -0.2) is 4.39 Å². The van der Waals surface area contributed by atoms with Gasteiger partial charge in [-0.2, -0.15) is 0 Å². The minimum atomic E-state index is -0.939. The monoisotopic (exact) mass is 355 g/mol. The van der Waals surface area contributed by atoms with E-state index in [0.717, 1.165) is 12.8 Å². The molecule has 2 aliphatic heterocycles. The number of carbonyl (C=O) groups excluding carboxylic acids is 1. The van der Waals surface area contributed by atoms with Crippen LogP contribution in [0.5, 0.6) is 0 Å². The summed E-state index contributed by atoms with van der Waals surface area (Å²) in [6.07, 6.45) is 4.73. The molecule has 1 aromatic carbocycles.